The fourth-order valence-corrected chi connectivity index (χ4v) is 3.40. The summed E-state index contributed by atoms with van der Waals surface area (Å²) in [7, 11) is 0. The predicted molar refractivity (Wildman–Crippen MR) is 127 cm³/mol. The first kappa shape index (κ1) is 24.9. The Labute approximate surface area is 191 Å². The van der Waals surface area contributed by atoms with Crippen LogP contribution in [-0.4, -0.2) is 39.6 Å². The summed E-state index contributed by atoms with van der Waals surface area (Å²) in [6.45, 7) is 12.9. The second-order valence-electron chi connectivity index (χ2n) is 9.35. The molecule has 2 amide bonds. The number of halogens is 1. The van der Waals surface area contributed by atoms with Crippen LogP contribution in [0.5, 0.6) is 0 Å². The molecule has 0 aliphatic rings. The summed E-state index contributed by atoms with van der Waals surface area (Å²) in [5.74, 6) is 0.577. The minimum atomic E-state index is -0.251. The van der Waals surface area contributed by atoms with Crippen LogP contribution in [-0.2, 0) is 15.0 Å². The van der Waals surface area contributed by atoms with E-state index >= 15 is 0 Å². The fraction of sp³-hybridized carbons (Fsp3) is 0.542. The van der Waals surface area contributed by atoms with Crippen LogP contribution in [0.4, 0.5) is 5.82 Å². The largest absolute Gasteiger partial charge is 0.333 e. The first-order chi connectivity index (χ1) is 14.5. The van der Waals surface area contributed by atoms with E-state index in [2.05, 4.69) is 33.0 Å². The fourth-order valence-electron chi connectivity index (χ4n) is 3.18. The minimum absolute atomic E-state index is 0.0132. The number of anilines is 1. The number of hydrogen-bond acceptors (Lipinski definition) is 3. The van der Waals surface area contributed by atoms with E-state index < -0.39 is 0 Å². The number of nitrogens with zero attached hydrogens (tertiary/aromatic N) is 3. The lowest BCUT2D eigenvalue weighted by Gasteiger charge is -2.24. The molecular weight excluding hydrogens is 412 g/mol. The Morgan fingerprint density at radius 2 is 1.90 bits per heavy atom. The molecule has 0 saturated heterocycles. The maximum atomic E-state index is 12.9. The van der Waals surface area contributed by atoms with E-state index in [1.54, 1.807) is 15.6 Å². The van der Waals surface area contributed by atoms with Gasteiger partial charge in [0.2, 0.25) is 11.8 Å². The highest BCUT2D eigenvalue weighted by atomic mass is 35.5. The van der Waals surface area contributed by atoms with Crippen LogP contribution in [0.25, 0.3) is 5.69 Å². The van der Waals surface area contributed by atoms with E-state index in [-0.39, 0.29) is 29.7 Å². The number of nitrogens with one attached hydrogen (secondary N) is 1. The molecule has 1 aromatic carbocycles. The molecule has 0 saturated carbocycles. The van der Waals surface area contributed by atoms with Gasteiger partial charge in [0.05, 0.1) is 22.9 Å². The van der Waals surface area contributed by atoms with E-state index in [0.717, 1.165) is 18.5 Å². The predicted octanol–water partition coefficient (Wildman–Crippen LogP) is 5.44. The molecule has 2 rings (SSSR count). The van der Waals surface area contributed by atoms with Gasteiger partial charge in [-0.1, -0.05) is 71.7 Å². The number of carbonyl (C=O) groups is 2. The van der Waals surface area contributed by atoms with E-state index in [4.69, 9.17) is 16.7 Å². The molecule has 1 N–H and O–H groups in total. The average molecular weight is 447 g/mol. The minimum Gasteiger partial charge on any atom is -0.333 e. The van der Waals surface area contributed by atoms with E-state index in [1.165, 1.54) is 0 Å². The van der Waals surface area contributed by atoms with Crippen molar-refractivity contribution in [3.63, 3.8) is 0 Å². The van der Waals surface area contributed by atoms with Crippen molar-refractivity contribution in [1.29, 1.82) is 0 Å². The van der Waals surface area contributed by atoms with Crippen LogP contribution in [0, 0.1) is 5.92 Å². The topological polar surface area (TPSA) is 67.2 Å². The Morgan fingerprint density at radius 3 is 2.48 bits per heavy atom. The SMILES string of the molecule is CCCCC(=O)N(CC(=O)Nc1cc(C(C)(C)C)nn1-c1ccccc1Cl)CC(C)C. The average Bonchev–Trinajstić information content (AvgIpc) is 3.09. The van der Waals surface area contributed by atoms with E-state index in [0.29, 0.717) is 29.5 Å². The molecule has 0 bridgehead atoms. The molecule has 0 fully saturated rings. The van der Waals surface area contributed by atoms with Gasteiger partial charge >= 0.3 is 0 Å². The molecule has 1 heterocycles. The van der Waals surface area contributed by atoms with Gasteiger partial charge in [0.1, 0.15) is 5.82 Å². The molecule has 0 spiro atoms. The molecule has 2 aromatic rings. The number of rotatable bonds is 9. The normalized spacial score (nSPS) is 11.6. The van der Waals surface area contributed by atoms with Crippen molar-refractivity contribution >= 4 is 29.2 Å². The second-order valence-corrected chi connectivity index (χ2v) is 9.76. The summed E-state index contributed by atoms with van der Waals surface area (Å²) in [6.07, 6.45) is 2.23. The van der Waals surface area contributed by atoms with Crippen LogP contribution in [0.1, 0.15) is 66.5 Å². The van der Waals surface area contributed by atoms with Crippen molar-refractivity contribution in [2.24, 2.45) is 5.92 Å². The lowest BCUT2D eigenvalue weighted by atomic mass is 9.92. The van der Waals surface area contributed by atoms with Gasteiger partial charge in [-0.15, -0.1) is 0 Å². The number of unbranched alkanes of at least 4 members (excludes halogenated alkanes) is 1. The quantitative estimate of drug-likeness (QED) is 0.557. The van der Waals surface area contributed by atoms with Gasteiger partial charge in [-0.25, -0.2) is 4.68 Å². The first-order valence-electron chi connectivity index (χ1n) is 11.0. The first-order valence-corrected chi connectivity index (χ1v) is 11.3. The number of carbonyl (C=O) groups excluding carboxylic acids is 2. The highest BCUT2D eigenvalue weighted by Gasteiger charge is 2.24. The van der Waals surface area contributed by atoms with Gasteiger partial charge in [-0.3, -0.25) is 9.59 Å². The van der Waals surface area contributed by atoms with Crippen molar-refractivity contribution in [3.8, 4) is 5.69 Å². The van der Waals surface area contributed by atoms with Gasteiger partial charge in [0, 0.05) is 24.4 Å². The van der Waals surface area contributed by atoms with Gasteiger partial charge in [-0.05, 0) is 24.5 Å². The van der Waals surface area contributed by atoms with Crippen LogP contribution >= 0.6 is 11.6 Å². The zero-order valence-corrected chi connectivity index (χ0v) is 20.3. The van der Waals surface area contributed by atoms with E-state index in [9.17, 15) is 9.59 Å². The summed E-state index contributed by atoms with van der Waals surface area (Å²) in [6, 6.07) is 9.24. The number of benzene rings is 1. The summed E-state index contributed by atoms with van der Waals surface area (Å²) in [4.78, 5) is 27.2. The van der Waals surface area contributed by atoms with Crippen LogP contribution < -0.4 is 5.32 Å². The lowest BCUT2D eigenvalue weighted by Crippen LogP contribution is -2.40. The lowest BCUT2D eigenvalue weighted by molar-refractivity contribution is -0.135. The molecule has 1 aromatic heterocycles. The van der Waals surface area contributed by atoms with Gasteiger partial charge in [0.15, 0.2) is 0 Å². The molecule has 0 aliphatic carbocycles. The smallest absolute Gasteiger partial charge is 0.245 e. The summed E-state index contributed by atoms with van der Waals surface area (Å²) in [5, 5.41) is 8.20. The zero-order chi connectivity index (χ0) is 23.2. The van der Waals surface area contributed by atoms with Gasteiger partial charge in [-0.2, -0.15) is 5.10 Å². The third-order valence-corrected chi connectivity index (χ3v) is 5.16. The highest BCUT2D eigenvalue weighted by Crippen LogP contribution is 2.29. The van der Waals surface area contributed by atoms with Crippen LogP contribution in [0.2, 0.25) is 5.02 Å². The molecule has 7 heteroatoms. The Balaban J connectivity index is 2.29. The third kappa shape index (κ3) is 7.10. The van der Waals surface area contributed by atoms with Crippen LogP contribution in [0.15, 0.2) is 30.3 Å². The monoisotopic (exact) mass is 446 g/mol. The number of para-hydroxylation sites is 1. The third-order valence-electron chi connectivity index (χ3n) is 4.84. The maximum Gasteiger partial charge on any atom is 0.245 e. The van der Waals surface area contributed by atoms with Crippen molar-refractivity contribution in [2.45, 2.75) is 66.2 Å². The van der Waals surface area contributed by atoms with Crippen molar-refractivity contribution in [2.75, 3.05) is 18.4 Å². The molecule has 0 unspecified atom stereocenters. The molecule has 0 aliphatic heterocycles. The Bertz CT molecular complexity index is 899. The standard InChI is InChI=1S/C24H35ClN4O2/c1-7-8-13-23(31)28(15-17(2)3)16-22(30)26-21-14-20(24(4,5)6)27-29(21)19-12-10-9-11-18(19)25/h9-12,14,17H,7-8,13,15-16H2,1-6H3,(H,26,30). The molecule has 170 valence electrons. The van der Waals surface area contributed by atoms with Crippen molar-refractivity contribution < 1.29 is 9.59 Å². The van der Waals surface area contributed by atoms with Gasteiger partial charge < -0.3 is 10.2 Å². The van der Waals surface area contributed by atoms with E-state index in [1.807, 2.05) is 38.1 Å². The Kier molecular flexibility index (Phi) is 8.69. The molecule has 0 atom stereocenters. The zero-order valence-electron chi connectivity index (χ0n) is 19.5. The summed E-state index contributed by atoms with van der Waals surface area (Å²) in [5.41, 5.74) is 1.32. The maximum absolute atomic E-state index is 12.9. The van der Waals surface area contributed by atoms with Crippen molar-refractivity contribution in [1.82, 2.24) is 14.7 Å². The molecule has 31 heavy (non-hydrogen) atoms. The number of aromatic nitrogens is 2. The second kappa shape index (κ2) is 10.8. The molecule has 6 nitrogen and oxygen atoms in total. The van der Waals surface area contributed by atoms with Gasteiger partial charge in [0.25, 0.3) is 0 Å². The van der Waals surface area contributed by atoms with Crippen LogP contribution in [0.3, 0.4) is 0 Å². The van der Waals surface area contributed by atoms with Crippen molar-refractivity contribution in [3.05, 3.63) is 41.0 Å². The highest BCUT2D eigenvalue weighted by molar-refractivity contribution is 6.32. The summed E-state index contributed by atoms with van der Waals surface area (Å²) >= 11 is 6.40. The number of hydrogen-bond donors (Lipinski definition) is 1. The Hall–Kier alpha value is -2.34. The Morgan fingerprint density at radius 1 is 1.23 bits per heavy atom. The number of amides is 2. The molecule has 0 radical (unpaired) electrons. The summed E-state index contributed by atoms with van der Waals surface area (Å²) < 4.78 is 1.66. The molecular formula is C24H35ClN4O2.